The second-order valence-corrected chi connectivity index (χ2v) is 8.93. The van der Waals surface area contributed by atoms with Gasteiger partial charge in [0, 0.05) is 49.0 Å². The third-order valence-corrected chi connectivity index (χ3v) is 7.15. The fourth-order valence-electron chi connectivity index (χ4n) is 4.36. The maximum atomic E-state index is 11.6. The minimum absolute atomic E-state index is 0.182. The first-order valence-electron chi connectivity index (χ1n) is 10.5. The molecule has 0 unspecified atom stereocenters. The minimum atomic E-state index is -0.182. The number of nitrogens with zero attached hydrogens (tertiary/aromatic N) is 5. The highest BCUT2D eigenvalue weighted by Gasteiger charge is 2.27. The van der Waals surface area contributed by atoms with Crippen molar-refractivity contribution in [1.29, 1.82) is 0 Å². The number of anilines is 1. The number of carbonyl (C=O) groups is 1. The van der Waals surface area contributed by atoms with Gasteiger partial charge in [-0.2, -0.15) is 0 Å². The normalized spacial score (nSPS) is 17.2. The van der Waals surface area contributed by atoms with E-state index in [1.165, 1.54) is 35.8 Å². The summed E-state index contributed by atoms with van der Waals surface area (Å²) in [6, 6.07) is 3.94. The Hall–Kier alpha value is -2.58. The lowest BCUT2D eigenvalue weighted by Gasteiger charge is -2.35. The molecule has 0 radical (unpaired) electrons. The molecule has 3 aromatic heterocycles. The fourth-order valence-corrected chi connectivity index (χ4v) is 5.61. The van der Waals surface area contributed by atoms with Crippen LogP contribution < -0.4 is 4.90 Å². The number of ether oxygens (including phenoxy) is 1. The molecule has 1 aliphatic heterocycles. The van der Waals surface area contributed by atoms with Crippen LogP contribution in [0.2, 0.25) is 0 Å². The topological polar surface area (TPSA) is 71.5 Å². The molecule has 0 N–H and O–H groups in total. The SMILES string of the molecule is COC(=O)CN1CCN(c2nc(-c3cccnc3)nc3sc4c(c23)CCCC4)CC1. The zero-order valence-electron chi connectivity index (χ0n) is 17.1. The minimum Gasteiger partial charge on any atom is -0.468 e. The van der Waals surface area contributed by atoms with Gasteiger partial charge in [0.15, 0.2) is 5.82 Å². The number of aromatic nitrogens is 3. The lowest BCUT2D eigenvalue weighted by molar-refractivity contribution is -0.142. The van der Waals surface area contributed by atoms with E-state index >= 15 is 0 Å². The summed E-state index contributed by atoms with van der Waals surface area (Å²) in [4.78, 5) is 32.9. The molecule has 4 heterocycles. The van der Waals surface area contributed by atoms with Crippen molar-refractivity contribution >= 4 is 33.3 Å². The van der Waals surface area contributed by atoms with Crippen LogP contribution in [0.25, 0.3) is 21.6 Å². The highest BCUT2D eigenvalue weighted by Crippen LogP contribution is 2.40. The Bertz CT molecular complexity index is 1060. The number of piperazine rings is 1. The van der Waals surface area contributed by atoms with Crippen LogP contribution in [0, 0.1) is 0 Å². The van der Waals surface area contributed by atoms with Gasteiger partial charge in [-0.05, 0) is 43.4 Å². The van der Waals surface area contributed by atoms with Gasteiger partial charge in [0.25, 0.3) is 0 Å². The largest absolute Gasteiger partial charge is 0.468 e. The van der Waals surface area contributed by atoms with Crippen molar-refractivity contribution in [1.82, 2.24) is 19.9 Å². The lowest BCUT2D eigenvalue weighted by atomic mass is 9.96. The number of hydrogen-bond acceptors (Lipinski definition) is 8. The Kier molecular flexibility index (Phi) is 5.35. The third kappa shape index (κ3) is 3.65. The van der Waals surface area contributed by atoms with Crippen LogP contribution in [0.5, 0.6) is 0 Å². The first kappa shape index (κ1) is 19.4. The number of methoxy groups -OCH3 is 1. The maximum absolute atomic E-state index is 11.6. The van der Waals surface area contributed by atoms with Gasteiger partial charge in [-0.1, -0.05) is 0 Å². The van der Waals surface area contributed by atoms with Crippen LogP contribution >= 0.6 is 11.3 Å². The van der Waals surface area contributed by atoms with Gasteiger partial charge >= 0.3 is 5.97 Å². The van der Waals surface area contributed by atoms with E-state index in [1.807, 2.05) is 29.7 Å². The summed E-state index contributed by atoms with van der Waals surface area (Å²) < 4.78 is 4.82. The molecule has 1 saturated heterocycles. The van der Waals surface area contributed by atoms with Crippen LogP contribution in [0.1, 0.15) is 23.3 Å². The van der Waals surface area contributed by atoms with Gasteiger partial charge in [0.1, 0.15) is 10.6 Å². The highest BCUT2D eigenvalue weighted by atomic mass is 32.1. The molecule has 8 heteroatoms. The van der Waals surface area contributed by atoms with Crippen LogP contribution in [0.3, 0.4) is 0 Å². The third-order valence-electron chi connectivity index (χ3n) is 5.97. The second kappa shape index (κ2) is 8.28. The molecule has 1 aliphatic carbocycles. The predicted octanol–water partition coefficient (Wildman–Crippen LogP) is 2.93. The molecular weight excluding hydrogens is 398 g/mol. The molecule has 2 aliphatic rings. The maximum Gasteiger partial charge on any atom is 0.319 e. The molecule has 5 rings (SSSR count). The Morgan fingerprint density at radius 1 is 1.17 bits per heavy atom. The molecule has 156 valence electrons. The zero-order valence-corrected chi connectivity index (χ0v) is 18.0. The van der Waals surface area contributed by atoms with Crippen molar-refractivity contribution in [3.63, 3.8) is 0 Å². The molecule has 3 aromatic rings. The van der Waals surface area contributed by atoms with Gasteiger partial charge in [0.05, 0.1) is 19.0 Å². The monoisotopic (exact) mass is 423 g/mol. The first-order valence-corrected chi connectivity index (χ1v) is 11.3. The summed E-state index contributed by atoms with van der Waals surface area (Å²) in [5, 5.41) is 1.24. The molecule has 0 spiro atoms. The smallest absolute Gasteiger partial charge is 0.319 e. The summed E-state index contributed by atoms with van der Waals surface area (Å²) in [5.41, 5.74) is 2.39. The first-order chi connectivity index (χ1) is 14.7. The van der Waals surface area contributed by atoms with Crippen LogP contribution in [0.15, 0.2) is 24.5 Å². The van der Waals surface area contributed by atoms with Gasteiger partial charge in [-0.25, -0.2) is 9.97 Å². The fraction of sp³-hybridized carbons (Fsp3) is 0.455. The standard InChI is InChI=1S/C22H25N5O2S/c1-29-18(28)14-26-9-11-27(12-10-26)21-19-16-6-2-3-7-17(16)30-22(19)25-20(24-21)15-5-4-8-23-13-15/h4-5,8,13H,2-3,6-7,9-12,14H2,1H3. The second-order valence-electron chi connectivity index (χ2n) is 7.84. The molecule has 30 heavy (non-hydrogen) atoms. The van der Waals surface area contributed by atoms with E-state index in [2.05, 4.69) is 14.8 Å². The van der Waals surface area contributed by atoms with E-state index in [9.17, 15) is 4.79 Å². The molecule has 7 nitrogen and oxygen atoms in total. The van der Waals surface area contributed by atoms with Gasteiger partial charge in [0.2, 0.25) is 0 Å². The van der Waals surface area contributed by atoms with Crippen molar-refractivity contribution in [3.05, 3.63) is 35.0 Å². The van der Waals surface area contributed by atoms with Gasteiger partial charge in [-0.15, -0.1) is 11.3 Å². The van der Waals surface area contributed by atoms with Crippen molar-refractivity contribution in [2.24, 2.45) is 0 Å². The Morgan fingerprint density at radius 2 is 2.00 bits per heavy atom. The lowest BCUT2D eigenvalue weighted by Crippen LogP contribution is -2.48. The number of esters is 1. The van der Waals surface area contributed by atoms with E-state index in [4.69, 9.17) is 14.7 Å². The Balaban J connectivity index is 1.53. The Labute approximate surface area is 179 Å². The molecule has 0 atom stereocenters. The van der Waals surface area contributed by atoms with E-state index in [1.54, 1.807) is 6.20 Å². The quantitative estimate of drug-likeness (QED) is 0.598. The van der Waals surface area contributed by atoms with Gasteiger partial charge < -0.3 is 9.64 Å². The van der Waals surface area contributed by atoms with E-state index in [0.717, 1.165) is 61.1 Å². The number of carbonyl (C=O) groups excluding carboxylic acids is 1. The van der Waals surface area contributed by atoms with Crippen molar-refractivity contribution in [3.8, 4) is 11.4 Å². The summed E-state index contributed by atoms with van der Waals surface area (Å²) in [7, 11) is 1.44. The molecular formula is C22H25N5O2S. The molecule has 1 fully saturated rings. The van der Waals surface area contributed by atoms with Crippen molar-refractivity contribution in [2.75, 3.05) is 44.7 Å². The predicted molar refractivity (Wildman–Crippen MR) is 118 cm³/mol. The van der Waals surface area contributed by atoms with E-state index in [0.29, 0.717) is 6.54 Å². The summed E-state index contributed by atoms with van der Waals surface area (Å²) in [6.45, 7) is 3.64. The average Bonchev–Trinajstić information content (AvgIpc) is 3.18. The number of pyridine rings is 1. The number of thiophene rings is 1. The highest BCUT2D eigenvalue weighted by molar-refractivity contribution is 7.19. The number of fused-ring (bicyclic) bond motifs is 3. The van der Waals surface area contributed by atoms with Crippen LogP contribution in [-0.2, 0) is 22.4 Å². The number of aryl methyl sites for hydroxylation is 2. The average molecular weight is 424 g/mol. The molecule has 0 amide bonds. The zero-order chi connectivity index (χ0) is 20.5. The molecule has 0 aromatic carbocycles. The Morgan fingerprint density at radius 3 is 2.77 bits per heavy atom. The van der Waals surface area contributed by atoms with Crippen molar-refractivity contribution in [2.45, 2.75) is 25.7 Å². The number of hydrogen-bond donors (Lipinski definition) is 0. The van der Waals surface area contributed by atoms with E-state index < -0.39 is 0 Å². The van der Waals surface area contributed by atoms with E-state index in [-0.39, 0.29) is 5.97 Å². The number of rotatable bonds is 4. The summed E-state index contributed by atoms with van der Waals surface area (Å²) in [6.07, 6.45) is 8.34. The van der Waals surface area contributed by atoms with Gasteiger partial charge in [-0.3, -0.25) is 14.7 Å². The van der Waals surface area contributed by atoms with Crippen molar-refractivity contribution < 1.29 is 9.53 Å². The summed E-state index contributed by atoms with van der Waals surface area (Å²) >= 11 is 1.83. The summed E-state index contributed by atoms with van der Waals surface area (Å²) in [5.74, 6) is 1.59. The van der Waals surface area contributed by atoms with Crippen LogP contribution in [0.4, 0.5) is 5.82 Å². The van der Waals surface area contributed by atoms with Crippen LogP contribution in [-0.4, -0.2) is 65.7 Å². The molecule has 0 saturated carbocycles. The molecule has 0 bridgehead atoms.